The average Bonchev–Trinajstić information content (AvgIpc) is 2.78. The molecule has 0 aliphatic carbocycles. The van der Waals surface area contributed by atoms with Gasteiger partial charge in [0, 0.05) is 50.5 Å². The van der Waals surface area contributed by atoms with Crippen LogP contribution in [0, 0.1) is 22.0 Å². The normalized spacial score (nSPS) is 20.5. The van der Waals surface area contributed by atoms with Crippen LogP contribution in [0.15, 0.2) is 48.5 Å². The number of nitro benzene ring substituents is 1. The van der Waals surface area contributed by atoms with Crippen molar-refractivity contribution in [2.75, 3.05) is 31.1 Å². The van der Waals surface area contributed by atoms with Crippen LogP contribution in [0.2, 0.25) is 0 Å². The highest BCUT2D eigenvalue weighted by atomic mass is 16.6. The molecule has 1 saturated heterocycles. The second-order valence-electron chi connectivity index (χ2n) is 9.34. The largest absolute Gasteiger partial charge is 0.365 e. The van der Waals surface area contributed by atoms with Crippen molar-refractivity contribution < 1.29 is 9.72 Å². The Balaban J connectivity index is 1.57. The number of anilines is 1. The zero-order valence-corrected chi connectivity index (χ0v) is 18.9. The fraction of sp³-hybridized carbons (Fsp3) is 0.480. The Morgan fingerprint density at radius 1 is 1.19 bits per heavy atom. The zero-order chi connectivity index (χ0) is 22.7. The Hall–Kier alpha value is -2.93. The number of benzene rings is 2. The Morgan fingerprint density at radius 3 is 2.69 bits per heavy atom. The predicted molar refractivity (Wildman–Crippen MR) is 126 cm³/mol. The van der Waals surface area contributed by atoms with Gasteiger partial charge in [-0.25, -0.2) is 0 Å². The van der Waals surface area contributed by atoms with Crippen molar-refractivity contribution in [1.29, 1.82) is 0 Å². The van der Waals surface area contributed by atoms with E-state index in [4.69, 9.17) is 0 Å². The fourth-order valence-electron chi connectivity index (χ4n) is 4.88. The molecule has 0 unspecified atom stereocenters. The molecule has 0 radical (unpaired) electrons. The van der Waals surface area contributed by atoms with Crippen LogP contribution >= 0.6 is 0 Å². The van der Waals surface area contributed by atoms with Gasteiger partial charge in [-0.3, -0.25) is 19.8 Å². The lowest BCUT2D eigenvalue weighted by atomic mass is 9.83. The molecule has 2 atom stereocenters. The number of piperazine rings is 1. The van der Waals surface area contributed by atoms with Crippen LogP contribution in [-0.2, 0) is 17.8 Å². The van der Waals surface area contributed by atoms with Crippen LogP contribution in [0.25, 0.3) is 0 Å². The molecule has 0 aromatic heterocycles. The Bertz CT molecular complexity index is 963. The fourth-order valence-corrected chi connectivity index (χ4v) is 4.88. The van der Waals surface area contributed by atoms with E-state index in [0.29, 0.717) is 18.9 Å². The molecule has 0 spiro atoms. The molecule has 2 aromatic rings. The smallest absolute Gasteiger partial charge is 0.269 e. The van der Waals surface area contributed by atoms with Crippen LogP contribution in [0.3, 0.4) is 0 Å². The van der Waals surface area contributed by atoms with E-state index in [2.05, 4.69) is 53.2 Å². The monoisotopic (exact) mass is 436 g/mol. The summed E-state index contributed by atoms with van der Waals surface area (Å²) in [6.45, 7) is 8.31. The molecule has 7 nitrogen and oxygen atoms in total. The number of amides is 1. The van der Waals surface area contributed by atoms with Gasteiger partial charge in [-0.05, 0) is 36.0 Å². The van der Waals surface area contributed by atoms with Crippen molar-refractivity contribution in [2.45, 2.75) is 39.3 Å². The van der Waals surface area contributed by atoms with Crippen molar-refractivity contribution in [1.82, 2.24) is 10.2 Å². The van der Waals surface area contributed by atoms with Gasteiger partial charge in [0.25, 0.3) is 5.69 Å². The third-order valence-electron chi connectivity index (χ3n) is 6.60. The molecule has 2 aromatic carbocycles. The minimum absolute atomic E-state index is 0.0550. The molecule has 7 heteroatoms. The minimum Gasteiger partial charge on any atom is -0.365 e. The first-order chi connectivity index (χ1) is 15.4. The summed E-state index contributed by atoms with van der Waals surface area (Å²) in [5, 5.41) is 14.4. The van der Waals surface area contributed by atoms with Gasteiger partial charge in [-0.1, -0.05) is 44.2 Å². The number of nitro groups is 1. The van der Waals surface area contributed by atoms with E-state index >= 15 is 0 Å². The Morgan fingerprint density at radius 2 is 1.97 bits per heavy atom. The standard InChI is InChI=1S/C25H32N4O3/c1-18(2)10-11-26-25(30)22-15-20-14-21(29(31)32)8-9-23(20)28-13-12-27(17-24(22)28)16-19-6-4-3-5-7-19/h3-9,14,18,22,24H,10-13,15-17H2,1-2H3,(H,26,30)/t22-,24-/m0/s1. The molecule has 170 valence electrons. The predicted octanol–water partition coefficient (Wildman–Crippen LogP) is 3.62. The summed E-state index contributed by atoms with van der Waals surface area (Å²) in [4.78, 5) is 28.9. The first-order valence-electron chi connectivity index (χ1n) is 11.5. The van der Waals surface area contributed by atoms with Gasteiger partial charge in [0.15, 0.2) is 0 Å². The number of non-ortho nitro benzene ring substituents is 1. The number of rotatable bonds is 7. The van der Waals surface area contributed by atoms with Gasteiger partial charge in [0.05, 0.1) is 16.9 Å². The van der Waals surface area contributed by atoms with Gasteiger partial charge in [0.1, 0.15) is 0 Å². The molecule has 1 fully saturated rings. The number of nitrogens with one attached hydrogen (secondary N) is 1. The molecular formula is C25H32N4O3. The Kier molecular flexibility index (Phi) is 6.74. The van der Waals surface area contributed by atoms with E-state index < -0.39 is 0 Å². The maximum absolute atomic E-state index is 13.2. The summed E-state index contributed by atoms with van der Waals surface area (Å²) in [7, 11) is 0. The van der Waals surface area contributed by atoms with Crippen LogP contribution in [0.4, 0.5) is 11.4 Å². The highest BCUT2D eigenvalue weighted by Crippen LogP contribution is 2.38. The number of hydrogen-bond donors (Lipinski definition) is 1. The van der Waals surface area contributed by atoms with E-state index in [0.717, 1.165) is 43.9 Å². The molecule has 1 amide bonds. The van der Waals surface area contributed by atoms with Crippen LogP contribution in [0.1, 0.15) is 31.4 Å². The lowest BCUT2D eigenvalue weighted by Gasteiger charge is -2.49. The number of nitrogens with zero attached hydrogens (tertiary/aromatic N) is 3. The van der Waals surface area contributed by atoms with Crippen molar-refractivity contribution >= 4 is 17.3 Å². The third-order valence-corrected chi connectivity index (χ3v) is 6.60. The highest BCUT2D eigenvalue weighted by molar-refractivity contribution is 5.82. The van der Waals surface area contributed by atoms with E-state index in [1.165, 1.54) is 5.56 Å². The highest BCUT2D eigenvalue weighted by Gasteiger charge is 2.41. The summed E-state index contributed by atoms with van der Waals surface area (Å²) in [6.07, 6.45) is 1.47. The molecule has 4 rings (SSSR count). The summed E-state index contributed by atoms with van der Waals surface area (Å²) < 4.78 is 0. The van der Waals surface area contributed by atoms with Crippen molar-refractivity contribution in [3.05, 3.63) is 69.8 Å². The number of hydrogen-bond acceptors (Lipinski definition) is 5. The SMILES string of the molecule is CC(C)CCNC(=O)[C@H]1Cc2cc([N+](=O)[O-])ccc2N2CCN(Cc3ccccc3)C[C@@H]12. The third kappa shape index (κ3) is 4.93. The Labute approximate surface area is 189 Å². The van der Waals surface area contributed by atoms with Crippen LogP contribution < -0.4 is 10.2 Å². The topological polar surface area (TPSA) is 78.7 Å². The van der Waals surface area contributed by atoms with Gasteiger partial charge in [-0.15, -0.1) is 0 Å². The number of fused-ring (bicyclic) bond motifs is 3. The molecule has 0 saturated carbocycles. The summed E-state index contributed by atoms with van der Waals surface area (Å²) >= 11 is 0. The van der Waals surface area contributed by atoms with Gasteiger partial charge in [0.2, 0.25) is 5.91 Å². The van der Waals surface area contributed by atoms with Crippen LogP contribution in [0.5, 0.6) is 0 Å². The first kappa shape index (κ1) is 22.3. The minimum atomic E-state index is -0.359. The quantitative estimate of drug-likeness (QED) is 0.530. The van der Waals surface area contributed by atoms with Gasteiger partial charge < -0.3 is 10.2 Å². The van der Waals surface area contributed by atoms with Crippen molar-refractivity contribution in [3.63, 3.8) is 0 Å². The zero-order valence-electron chi connectivity index (χ0n) is 18.9. The second kappa shape index (κ2) is 9.69. The van der Waals surface area contributed by atoms with E-state index in [-0.39, 0.29) is 28.5 Å². The molecule has 2 aliphatic rings. The molecule has 32 heavy (non-hydrogen) atoms. The van der Waals surface area contributed by atoms with Crippen LogP contribution in [-0.4, -0.2) is 48.0 Å². The number of carbonyl (C=O) groups is 1. The molecular weight excluding hydrogens is 404 g/mol. The first-order valence-corrected chi connectivity index (χ1v) is 11.5. The average molecular weight is 437 g/mol. The second-order valence-corrected chi connectivity index (χ2v) is 9.34. The molecule has 2 aliphatic heterocycles. The lowest BCUT2D eigenvalue weighted by Crippen LogP contribution is -2.60. The summed E-state index contributed by atoms with van der Waals surface area (Å²) in [5.74, 6) is 0.354. The summed E-state index contributed by atoms with van der Waals surface area (Å²) in [5.41, 5.74) is 3.29. The van der Waals surface area contributed by atoms with Gasteiger partial charge in [-0.2, -0.15) is 0 Å². The van der Waals surface area contributed by atoms with E-state index in [1.807, 2.05) is 12.1 Å². The maximum Gasteiger partial charge on any atom is 0.269 e. The summed E-state index contributed by atoms with van der Waals surface area (Å²) in [6, 6.07) is 15.6. The van der Waals surface area contributed by atoms with Crippen molar-refractivity contribution in [2.24, 2.45) is 11.8 Å². The van der Waals surface area contributed by atoms with E-state index in [1.54, 1.807) is 12.1 Å². The van der Waals surface area contributed by atoms with E-state index in [9.17, 15) is 14.9 Å². The maximum atomic E-state index is 13.2. The lowest BCUT2D eigenvalue weighted by molar-refractivity contribution is -0.384. The molecule has 2 heterocycles. The number of carbonyl (C=O) groups excluding carboxylic acids is 1. The molecule has 1 N–H and O–H groups in total. The van der Waals surface area contributed by atoms with Crippen molar-refractivity contribution in [3.8, 4) is 0 Å². The molecule has 0 bridgehead atoms. The van der Waals surface area contributed by atoms with Gasteiger partial charge >= 0.3 is 0 Å².